The molecule has 1 saturated heterocycles. The number of carbonyl (C=O) groups excluding carboxylic acids is 1. The van der Waals surface area contributed by atoms with Crippen molar-refractivity contribution < 1.29 is 13.9 Å². The van der Waals surface area contributed by atoms with Crippen molar-refractivity contribution in [3.8, 4) is 17.0 Å². The SMILES string of the molecule is CN(C)C/C=C/C(=O)Nc1cc2c(Nc3ccnc(-c4ccccc4F)c3)ncnc2cc1OC1CCN(C)C1. The maximum atomic E-state index is 14.4. The van der Waals surface area contributed by atoms with Crippen LogP contribution < -0.4 is 15.4 Å². The Labute approximate surface area is 232 Å². The number of halogens is 1. The van der Waals surface area contributed by atoms with Gasteiger partial charge >= 0.3 is 0 Å². The number of likely N-dealkylation sites (N-methyl/N-ethyl adjacent to an activating group) is 2. The predicted molar refractivity (Wildman–Crippen MR) is 155 cm³/mol. The summed E-state index contributed by atoms with van der Waals surface area (Å²) in [5, 5.41) is 6.97. The van der Waals surface area contributed by atoms with Gasteiger partial charge in [-0.1, -0.05) is 18.2 Å². The molecule has 0 aliphatic carbocycles. The molecule has 5 rings (SSSR count). The minimum Gasteiger partial charge on any atom is -0.487 e. The van der Waals surface area contributed by atoms with Crippen LogP contribution in [0.1, 0.15) is 6.42 Å². The number of anilines is 3. The third kappa shape index (κ3) is 6.59. The second-order valence-electron chi connectivity index (χ2n) is 10.1. The van der Waals surface area contributed by atoms with Gasteiger partial charge in [0.25, 0.3) is 0 Å². The summed E-state index contributed by atoms with van der Waals surface area (Å²) in [4.78, 5) is 30.2. The van der Waals surface area contributed by atoms with Crippen LogP contribution in [0, 0.1) is 5.82 Å². The summed E-state index contributed by atoms with van der Waals surface area (Å²) in [6, 6.07) is 13.7. The summed E-state index contributed by atoms with van der Waals surface area (Å²) >= 11 is 0. The number of ether oxygens (including phenoxy) is 1. The van der Waals surface area contributed by atoms with E-state index in [2.05, 4.69) is 37.5 Å². The standard InChI is InChI=1S/C30H32FN7O2/c1-37(2)13-6-9-29(39)36-27-16-23-26(17-28(27)40-21-11-14-38(3)18-21)33-19-34-30(23)35-20-10-12-32-25(15-20)22-7-4-5-8-24(22)31/h4-10,12,15-17,19,21H,11,13-14,18H2,1-3H3,(H,36,39)(H,32,33,34,35)/b9-6+. The lowest BCUT2D eigenvalue weighted by Crippen LogP contribution is -2.22. The maximum Gasteiger partial charge on any atom is 0.248 e. The van der Waals surface area contributed by atoms with E-state index in [4.69, 9.17) is 4.74 Å². The number of amides is 1. The third-order valence-electron chi connectivity index (χ3n) is 6.55. The summed E-state index contributed by atoms with van der Waals surface area (Å²) in [6.07, 6.45) is 7.31. The third-order valence-corrected chi connectivity index (χ3v) is 6.55. The number of fused-ring (bicyclic) bond motifs is 1. The van der Waals surface area contributed by atoms with Gasteiger partial charge in [-0.15, -0.1) is 0 Å². The first-order valence-electron chi connectivity index (χ1n) is 13.1. The van der Waals surface area contributed by atoms with Crippen LogP contribution in [0.25, 0.3) is 22.2 Å². The van der Waals surface area contributed by atoms with Crippen molar-refractivity contribution in [2.75, 3.05) is 51.4 Å². The number of carbonyl (C=O) groups is 1. The number of likely N-dealkylation sites (tertiary alicyclic amines) is 1. The quantitative estimate of drug-likeness (QED) is 0.294. The van der Waals surface area contributed by atoms with E-state index in [-0.39, 0.29) is 17.8 Å². The fraction of sp³-hybridized carbons (Fsp3) is 0.267. The molecular formula is C30H32FN7O2. The van der Waals surface area contributed by atoms with Crippen LogP contribution in [0.5, 0.6) is 5.75 Å². The zero-order valence-corrected chi connectivity index (χ0v) is 22.8. The van der Waals surface area contributed by atoms with E-state index >= 15 is 0 Å². The average Bonchev–Trinajstić information content (AvgIpc) is 3.34. The summed E-state index contributed by atoms with van der Waals surface area (Å²) < 4.78 is 20.7. The molecule has 10 heteroatoms. The second kappa shape index (κ2) is 12.2. The number of pyridine rings is 1. The summed E-state index contributed by atoms with van der Waals surface area (Å²) in [5.41, 5.74) is 2.77. The molecule has 1 aliphatic heterocycles. The zero-order valence-electron chi connectivity index (χ0n) is 22.8. The van der Waals surface area contributed by atoms with Crippen molar-refractivity contribution in [2.45, 2.75) is 12.5 Å². The topological polar surface area (TPSA) is 95.5 Å². The molecule has 1 atom stereocenters. The van der Waals surface area contributed by atoms with Crippen LogP contribution in [-0.2, 0) is 4.79 Å². The van der Waals surface area contributed by atoms with Crippen molar-refractivity contribution in [3.05, 3.63) is 79.0 Å². The van der Waals surface area contributed by atoms with Crippen molar-refractivity contribution in [3.63, 3.8) is 0 Å². The Balaban J connectivity index is 1.48. The molecule has 0 radical (unpaired) electrons. The van der Waals surface area contributed by atoms with Crippen molar-refractivity contribution in [1.29, 1.82) is 0 Å². The molecule has 40 heavy (non-hydrogen) atoms. The Morgan fingerprint density at radius 3 is 2.80 bits per heavy atom. The molecule has 0 saturated carbocycles. The predicted octanol–water partition coefficient (Wildman–Crippen LogP) is 4.71. The van der Waals surface area contributed by atoms with Gasteiger partial charge in [0, 0.05) is 54.6 Å². The van der Waals surface area contributed by atoms with Crippen LogP contribution in [0.15, 0.2) is 73.2 Å². The molecule has 1 amide bonds. The summed E-state index contributed by atoms with van der Waals surface area (Å²) in [7, 11) is 5.93. The zero-order chi connectivity index (χ0) is 28.1. The van der Waals surface area contributed by atoms with Crippen LogP contribution in [0.3, 0.4) is 0 Å². The highest BCUT2D eigenvalue weighted by Gasteiger charge is 2.23. The molecule has 2 aromatic heterocycles. The van der Waals surface area contributed by atoms with E-state index in [0.717, 1.165) is 19.5 Å². The molecule has 4 aromatic rings. The largest absolute Gasteiger partial charge is 0.487 e. The highest BCUT2D eigenvalue weighted by molar-refractivity contribution is 6.03. The molecule has 2 N–H and O–H groups in total. The molecule has 1 unspecified atom stereocenters. The number of hydrogen-bond acceptors (Lipinski definition) is 8. The Morgan fingerprint density at radius 1 is 1.18 bits per heavy atom. The van der Waals surface area contributed by atoms with Crippen LogP contribution >= 0.6 is 0 Å². The van der Waals surface area contributed by atoms with Gasteiger partial charge < -0.3 is 25.2 Å². The minimum atomic E-state index is -0.347. The van der Waals surface area contributed by atoms with Crippen molar-refractivity contribution in [2.24, 2.45) is 0 Å². The first kappa shape index (κ1) is 27.2. The molecule has 1 aliphatic rings. The van der Waals surface area contributed by atoms with Gasteiger partial charge in [-0.25, -0.2) is 14.4 Å². The fourth-order valence-electron chi connectivity index (χ4n) is 4.56. The molecule has 3 heterocycles. The van der Waals surface area contributed by atoms with Gasteiger partial charge in [0.05, 0.1) is 16.9 Å². The molecular weight excluding hydrogens is 509 g/mol. The minimum absolute atomic E-state index is 0.00967. The summed E-state index contributed by atoms with van der Waals surface area (Å²) in [6.45, 7) is 2.40. The van der Waals surface area contributed by atoms with Gasteiger partial charge in [0.2, 0.25) is 5.91 Å². The normalized spacial score (nSPS) is 15.7. The van der Waals surface area contributed by atoms with E-state index in [1.807, 2.05) is 31.1 Å². The molecule has 206 valence electrons. The van der Waals surface area contributed by atoms with Gasteiger partial charge in [-0.2, -0.15) is 0 Å². The van der Waals surface area contributed by atoms with Crippen molar-refractivity contribution >= 4 is 34.0 Å². The van der Waals surface area contributed by atoms with E-state index in [0.29, 0.717) is 51.6 Å². The Bertz CT molecular complexity index is 1540. The van der Waals surface area contributed by atoms with Gasteiger partial charge in [-0.05, 0) is 57.9 Å². The number of rotatable bonds is 9. The first-order chi connectivity index (χ1) is 19.4. The summed E-state index contributed by atoms with van der Waals surface area (Å²) in [5.74, 6) is 0.476. The first-order valence-corrected chi connectivity index (χ1v) is 13.1. The molecule has 9 nitrogen and oxygen atoms in total. The molecule has 0 bridgehead atoms. The molecule has 2 aromatic carbocycles. The smallest absolute Gasteiger partial charge is 0.248 e. The highest BCUT2D eigenvalue weighted by atomic mass is 19.1. The lowest BCUT2D eigenvalue weighted by atomic mass is 10.1. The monoisotopic (exact) mass is 541 g/mol. The van der Waals surface area contributed by atoms with E-state index in [1.165, 1.54) is 18.5 Å². The van der Waals surface area contributed by atoms with Gasteiger partial charge in [-0.3, -0.25) is 9.78 Å². The number of nitrogens with zero attached hydrogens (tertiary/aromatic N) is 5. The molecule has 0 spiro atoms. The average molecular weight is 542 g/mol. The van der Waals surface area contributed by atoms with Crippen LogP contribution in [-0.4, -0.2) is 77.5 Å². The number of nitrogens with one attached hydrogen (secondary N) is 2. The second-order valence-corrected chi connectivity index (χ2v) is 10.1. The number of aromatic nitrogens is 3. The van der Waals surface area contributed by atoms with E-state index in [1.54, 1.807) is 42.6 Å². The lowest BCUT2D eigenvalue weighted by molar-refractivity contribution is -0.111. The van der Waals surface area contributed by atoms with Gasteiger partial charge in [0.1, 0.15) is 29.8 Å². The molecule has 1 fully saturated rings. The Morgan fingerprint density at radius 2 is 2.02 bits per heavy atom. The number of benzene rings is 2. The Kier molecular flexibility index (Phi) is 8.28. The fourth-order valence-corrected chi connectivity index (χ4v) is 4.56. The highest BCUT2D eigenvalue weighted by Crippen LogP contribution is 2.35. The van der Waals surface area contributed by atoms with Crippen LogP contribution in [0.2, 0.25) is 0 Å². The number of hydrogen-bond donors (Lipinski definition) is 2. The van der Waals surface area contributed by atoms with Crippen molar-refractivity contribution in [1.82, 2.24) is 24.8 Å². The van der Waals surface area contributed by atoms with E-state index in [9.17, 15) is 9.18 Å². The Hall–Kier alpha value is -4.41. The van der Waals surface area contributed by atoms with E-state index < -0.39 is 0 Å². The lowest BCUT2D eigenvalue weighted by Gasteiger charge is -2.18. The maximum absolute atomic E-state index is 14.4. The van der Waals surface area contributed by atoms with Gasteiger partial charge in [0.15, 0.2) is 0 Å². The van der Waals surface area contributed by atoms with Crippen LogP contribution in [0.4, 0.5) is 21.6 Å².